The Kier molecular flexibility index (Phi) is 4.12. The molecule has 1 aliphatic heterocycles. The lowest BCUT2D eigenvalue weighted by atomic mass is 9.98. The Morgan fingerprint density at radius 3 is 1.76 bits per heavy atom. The Hall–Kier alpha value is -1.60. The van der Waals surface area contributed by atoms with Gasteiger partial charge in [-0.1, -0.05) is 67.9 Å². The molecule has 1 saturated heterocycles. The van der Waals surface area contributed by atoms with Gasteiger partial charge in [0.15, 0.2) is 0 Å². The number of hydrogen-bond donors (Lipinski definition) is 1. The minimum Gasteiger partial charge on any atom is -0.303 e. The summed E-state index contributed by atoms with van der Waals surface area (Å²) in [6.07, 6.45) is 2.44. The third kappa shape index (κ3) is 3.19. The second kappa shape index (κ2) is 6.03. The molecule has 1 heterocycles. The quantitative estimate of drug-likeness (QED) is 0.805. The molecule has 21 heavy (non-hydrogen) atoms. The SMILES string of the molecule is Cc1ccc(C2CCC(c3ccc(C(C)C)cc3)N2)cc1. The highest BCUT2D eigenvalue weighted by Crippen LogP contribution is 2.34. The fourth-order valence-electron chi connectivity index (χ4n) is 3.18. The molecule has 0 aliphatic carbocycles. The van der Waals surface area contributed by atoms with E-state index >= 15 is 0 Å². The molecule has 2 aromatic rings. The molecule has 1 nitrogen and oxygen atoms in total. The van der Waals surface area contributed by atoms with E-state index in [-0.39, 0.29) is 0 Å². The van der Waals surface area contributed by atoms with Crippen molar-refractivity contribution in [1.82, 2.24) is 5.32 Å². The molecule has 0 saturated carbocycles. The summed E-state index contributed by atoms with van der Waals surface area (Å²) in [6, 6.07) is 19.1. The summed E-state index contributed by atoms with van der Waals surface area (Å²) in [7, 11) is 0. The van der Waals surface area contributed by atoms with Crippen molar-refractivity contribution >= 4 is 0 Å². The lowest BCUT2D eigenvalue weighted by Gasteiger charge is -2.16. The molecule has 1 aliphatic rings. The molecule has 0 amide bonds. The number of aryl methyl sites for hydroxylation is 1. The van der Waals surface area contributed by atoms with Gasteiger partial charge in [0, 0.05) is 12.1 Å². The van der Waals surface area contributed by atoms with Gasteiger partial charge in [-0.15, -0.1) is 0 Å². The molecule has 0 radical (unpaired) electrons. The maximum atomic E-state index is 3.79. The third-order valence-corrected chi connectivity index (χ3v) is 4.63. The van der Waals surface area contributed by atoms with Gasteiger partial charge < -0.3 is 5.32 Å². The van der Waals surface area contributed by atoms with Crippen LogP contribution in [-0.4, -0.2) is 0 Å². The fourth-order valence-corrected chi connectivity index (χ4v) is 3.18. The average Bonchev–Trinajstić information content (AvgIpc) is 2.98. The van der Waals surface area contributed by atoms with Gasteiger partial charge in [-0.3, -0.25) is 0 Å². The molecule has 2 unspecified atom stereocenters. The minimum atomic E-state index is 0.498. The van der Waals surface area contributed by atoms with Gasteiger partial charge in [-0.25, -0.2) is 0 Å². The van der Waals surface area contributed by atoms with E-state index in [1.807, 2.05) is 0 Å². The van der Waals surface area contributed by atoms with E-state index < -0.39 is 0 Å². The van der Waals surface area contributed by atoms with Crippen LogP contribution in [-0.2, 0) is 0 Å². The van der Waals surface area contributed by atoms with Crippen LogP contribution in [0, 0.1) is 6.92 Å². The largest absolute Gasteiger partial charge is 0.303 e. The predicted octanol–water partition coefficient (Wildman–Crippen LogP) is 5.28. The Bertz CT molecular complexity index is 580. The fraction of sp³-hybridized carbons (Fsp3) is 0.400. The Balaban J connectivity index is 1.70. The predicted molar refractivity (Wildman–Crippen MR) is 89.6 cm³/mol. The molecular formula is C20H25N. The van der Waals surface area contributed by atoms with Crippen molar-refractivity contribution in [3.8, 4) is 0 Å². The summed E-state index contributed by atoms with van der Waals surface area (Å²) in [5, 5.41) is 3.79. The normalized spacial score (nSPS) is 21.9. The van der Waals surface area contributed by atoms with Gasteiger partial charge >= 0.3 is 0 Å². The smallest absolute Gasteiger partial charge is 0.0326 e. The van der Waals surface area contributed by atoms with Gasteiger partial charge in [0.2, 0.25) is 0 Å². The van der Waals surface area contributed by atoms with Gasteiger partial charge in [-0.2, -0.15) is 0 Å². The van der Waals surface area contributed by atoms with E-state index in [1.165, 1.54) is 35.1 Å². The highest BCUT2D eigenvalue weighted by Gasteiger charge is 2.25. The summed E-state index contributed by atoms with van der Waals surface area (Å²) >= 11 is 0. The van der Waals surface area contributed by atoms with Crippen molar-refractivity contribution in [2.24, 2.45) is 0 Å². The van der Waals surface area contributed by atoms with Crippen molar-refractivity contribution in [1.29, 1.82) is 0 Å². The minimum absolute atomic E-state index is 0.498. The molecule has 0 aromatic heterocycles. The van der Waals surface area contributed by atoms with Crippen molar-refractivity contribution in [2.75, 3.05) is 0 Å². The topological polar surface area (TPSA) is 12.0 Å². The average molecular weight is 279 g/mol. The van der Waals surface area contributed by atoms with Crippen LogP contribution in [0.25, 0.3) is 0 Å². The van der Waals surface area contributed by atoms with Gasteiger partial charge in [0.1, 0.15) is 0 Å². The first-order chi connectivity index (χ1) is 10.1. The first kappa shape index (κ1) is 14.3. The second-order valence-corrected chi connectivity index (χ2v) is 6.58. The van der Waals surface area contributed by atoms with E-state index in [1.54, 1.807) is 0 Å². The van der Waals surface area contributed by atoms with Crippen LogP contribution in [0.3, 0.4) is 0 Å². The van der Waals surface area contributed by atoms with Crippen LogP contribution < -0.4 is 5.32 Å². The first-order valence-corrected chi connectivity index (χ1v) is 8.06. The van der Waals surface area contributed by atoms with E-state index in [0.717, 1.165) is 0 Å². The highest BCUT2D eigenvalue weighted by atomic mass is 15.0. The molecule has 2 atom stereocenters. The van der Waals surface area contributed by atoms with E-state index in [9.17, 15) is 0 Å². The number of hydrogen-bond acceptors (Lipinski definition) is 1. The van der Waals surface area contributed by atoms with Crippen LogP contribution >= 0.6 is 0 Å². The van der Waals surface area contributed by atoms with Crippen LogP contribution in [0.2, 0.25) is 0 Å². The summed E-state index contributed by atoms with van der Waals surface area (Å²) in [5.41, 5.74) is 5.60. The van der Waals surface area contributed by atoms with Crippen LogP contribution in [0.15, 0.2) is 48.5 Å². The zero-order valence-corrected chi connectivity index (χ0v) is 13.3. The maximum Gasteiger partial charge on any atom is 0.0326 e. The molecule has 110 valence electrons. The number of benzene rings is 2. The molecule has 0 bridgehead atoms. The highest BCUT2D eigenvalue weighted by molar-refractivity contribution is 5.30. The standard InChI is InChI=1S/C20H25N/c1-14(2)16-8-10-18(11-9-16)20-13-12-19(21-20)17-6-4-15(3)5-7-17/h4-11,14,19-21H,12-13H2,1-3H3. The lowest BCUT2D eigenvalue weighted by Crippen LogP contribution is -2.17. The van der Waals surface area contributed by atoms with Crippen LogP contribution in [0.4, 0.5) is 0 Å². The van der Waals surface area contributed by atoms with Gasteiger partial charge in [-0.05, 0) is 42.4 Å². The second-order valence-electron chi connectivity index (χ2n) is 6.58. The van der Waals surface area contributed by atoms with Crippen molar-refractivity contribution in [3.63, 3.8) is 0 Å². The maximum absolute atomic E-state index is 3.79. The first-order valence-electron chi connectivity index (χ1n) is 8.06. The number of nitrogens with one attached hydrogen (secondary N) is 1. The Morgan fingerprint density at radius 1 is 0.810 bits per heavy atom. The monoisotopic (exact) mass is 279 g/mol. The van der Waals surface area contributed by atoms with E-state index in [0.29, 0.717) is 18.0 Å². The van der Waals surface area contributed by atoms with Crippen LogP contribution in [0.1, 0.15) is 66.9 Å². The summed E-state index contributed by atoms with van der Waals surface area (Å²) in [6.45, 7) is 6.64. The summed E-state index contributed by atoms with van der Waals surface area (Å²) in [5.74, 6) is 0.607. The lowest BCUT2D eigenvalue weighted by molar-refractivity contribution is 0.574. The summed E-state index contributed by atoms with van der Waals surface area (Å²) < 4.78 is 0. The van der Waals surface area contributed by atoms with Gasteiger partial charge in [0.25, 0.3) is 0 Å². The molecule has 1 heteroatoms. The molecule has 0 spiro atoms. The van der Waals surface area contributed by atoms with Crippen molar-refractivity contribution in [2.45, 2.75) is 51.6 Å². The molecule has 1 N–H and O–H groups in total. The number of rotatable bonds is 3. The van der Waals surface area contributed by atoms with Crippen molar-refractivity contribution in [3.05, 3.63) is 70.8 Å². The third-order valence-electron chi connectivity index (χ3n) is 4.63. The molecule has 2 aromatic carbocycles. The Labute approximate surface area is 128 Å². The zero-order valence-electron chi connectivity index (χ0n) is 13.3. The molecule has 1 fully saturated rings. The van der Waals surface area contributed by atoms with Crippen LogP contribution in [0.5, 0.6) is 0 Å². The zero-order chi connectivity index (χ0) is 14.8. The van der Waals surface area contributed by atoms with E-state index in [4.69, 9.17) is 0 Å². The molecule has 3 rings (SSSR count). The molecular weight excluding hydrogens is 254 g/mol. The van der Waals surface area contributed by atoms with Crippen molar-refractivity contribution < 1.29 is 0 Å². The van der Waals surface area contributed by atoms with E-state index in [2.05, 4.69) is 74.6 Å². The Morgan fingerprint density at radius 2 is 1.29 bits per heavy atom. The summed E-state index contributed by atoms with van der Waals surface area (Å²) in [4.78, 5) is 0. The van der Waals surface area contributed by atoms with Gasteiger partial charge in [0.05, 0.1) is 0 Å².